The van der Waals surface area contributed by atoms with Crippen molar-refractivity contribution in [1.82, 2.24) is 9.97 Å². The van der Waals surface area contributed by atoms with Crippen molar-refractivity contribution < 1.29 is 17.9 Å². The number of anilines is 2. The van der Waals surface area contributed by atoms with Crippen LogP contribution < -0.4 is 14.8 Å². The Morgan fingerprint density at radius 1 is 0.906 bits per heavy atom. The maximum atomic E-state index is 12.6. The van der Waals surface area contributed by atoms with Crippen molar-refractivity contribution in [3.8, 4) is 5.75 Å². The molecule has 0 aliphatic carbocycles. The summed E-state index contributed by atoms with van der Waals surface area (Å²) in [5.74, 6) is 0.354. The van der Waals surface area contributed by atoms with Crippen LogP contribution in [0.5, 0.6) is 5.75 Å². The normalized spacial score (nSPS) is 11.2. The van der Waals surface area contributed by atoms with Gasteiger partial charge in [0.2, 0.25) is 5.95 Å². The number of carbonyl (C=O) groups is 1. The molecule has 0 atom stereocenters. The highest BCUT2D eigenvalue weighted by Gasteiger charge is 2.16. The monoisotopic (exact) mass is 454 g/mol. The van der Waals surface area contributed by atoms with Crippen molar-refractivity contribution in [2.24, 2.45) is 0 Å². The molecule has 0 saturated carbocycles. The average Bonchev–Trinajstić information content (AvgIpc) is 2.66. The van der Waals surface area contributed by atoms with E-state index in [1.54, 1.807) is 19.9 Å². The highest BCUT2D eigenvalue weighted by molar-refractivity contribution is 7.92. The van der Waals surface area contributed by atoms with Crippen LogP contribution in [0.3, 0.4) is 0 Å². The van der Waals surface area contributed by atoms with Gasteiger partial charge in [-0.25, -0.2) is 23.1 Å². The van der Waals surface area contributed by atoms with E-state index in [0.29, 0.717) is 22.8 Å². The second-order valence-corrected chi connectivity index (χ2v) is 9.35. The third-order valence-corrected chi connectivity index (χ3v) is 5.95. The van der Waals surface area contributed by atoms with E-state index in [0.717, 1.165) is 16.7 Å². The predicted molar refractivity (Wildman–Crippen MR) is 124 cm³/mol. The van der Waals surface area contributed by atoms with Crippen LogP contribution in [0.4, 0.5) is 11.6 Å². The maximum absolute atomic E-state index is 12.6. The van der Waals surface area contributed by atoms with Crippen molar-refractivity contribution in [3.63, 3.8) is 0 Å². The Kier molecular flexibility index (Phi) is 6.78. The van der Waals surface area contributed by atoms with E-state index in [1.165, 1.54) is 24.3 Å². The van der Waals surface area contributed by atoms with Crippen LogP contribution in [-0.4, -0.2) is 30.9 Å². The van der Waals surface area contributed by atoms with Gasteiger partial charge in [0.15, 0.2) is 6.61 Å². The number of benzene rings is 2. The summed E-state index contributed by atoms with van der Waals surface area (Å²) < 4.78 is 33.3. The lowest BCUT2D eigenvalue weighted by atomic mass is 10.1. The van der Waals surface area contributed by atoms with Gasteiger partial charge in [0.05, 0.1) is 4.90 Å². The minimum absolute atomic E-state index is 0.0127. The van der Waals surface area contributed by atoms with Gasteiger partial charge in [-0.15, -0.1) is 0 Å². The molecule has 9 heteroatoms. The summed E-state index contributed by atoms with van der Waals surface area (Å²) in [5, 5.41) is 2.70. The third kappa shape index (κ3) is 5.82. The Bertz CT molecular complexity index is 1210. The lowest BCUT2D eigenvalue weighted by Crippen LogP contribution is -2.21. The molecular formula is C23H26N4O4S. The molecule has 0 radical (unpaired) electrons. The van der Waals surface area contributed by atoms with Crippen LogP contribution in [0.2, 0.25) is 0 Å². The number of nitrogens with zero attached hydrogens (tertiary/aromatic N) is 2. The zero-order valence-corrected chi connectivity index (χ0v) is 19.5. The predicted octanol–water partition coefficient (Wildman–Crippen LogP) is 3.84. The zero-order valence-electron chi connectivity index (χ0n) is 18.7. The number of sulfonamides is 1. The van der Waals surface area contributed by atoms with Crippen molar-refractivity contribution in [2.75, 3.05) is 16.6 Å². The number of hydrogen-bond donors (Lipinski definition) is 2. The van der Waals surface area contributed by atoms with Gasteiger partial charge in [-0.3, -0.25) is 4.79 Å². The van der Waals surface area contributed by atoms with Crippen LogP contribution in [-0.2, 0) is 14.8 Å². The zero-order chi connectivity index (χ0) is 23.5. The fourth-order valence-corrected chi connectivity index (χ4v) is 4.34. The smallest absolute Gasteiger partial charge is 0.264 e. The number of ether oxygens (including phenoxy) is 1. The van der Waals surface area contributed by atoms with E-state index < -0.39 is 10.0 Å². The van der Waals surface area contributed by atoms with Crippen molar-refractivity contribution in [2.45, 2.75) is 39.5 Å². The standard InChI is InChI=1S/C23H26N4O4S/c1-14-10-15(2)22(16(3)11-14)31-13-21(28)26-19-6-8-20(9-7-19)32(29,30)27-23-24-17(4)12-18(5)25-23/h6-12H,13H2,1-5H3,(H,26,28)(H,24,25,27). The molecular weight excluding hydrogens is 428 g/mol. The average molecular weight is 455 g/mol. The van der Waals surface area contributed by atoms with E-state index in [4.69, 9.17) is 4.74 Å². The molecule has 168 valence electrons. The molecule has 2 N–H and O–H groups in total. The molecule has 3 rings (SSSR count). The van der Waals surface area contributed by atoms with Gasteiger partial charge in [-0.1, -0.05) is 17.7 Å². The number of nitrogens with one attached hydrogen (secondary N) is 2. The highest BCUT2D eigenvalue weighted by atomic mass is 32.2. The number of rotatable bonds is 7. The van der Waals surface area contributed by atoms with E-state index in [-0.39, 0.29) is 23.4 Å². The molecule has 0 aliphatic rings. The first-order valence-electron chi connectivity index (χ1n) is 9.99. The summed E-state index contributed by atoms with van der Waals surface area (Å²) in [5.41, 5.74) is 4.83. The fourth-order valence-electron chi connectivity index (χ4n) is 3.40. The first-order chi connectivity index (χ1) is 15.0. The largest absolute Gasteiger partial charge is 0.483 e. The van der Waals surface area contributed by atoms with Crippen LogP contribution in [0.1, 0.15) is 28.1 Å². The first-order valence-corrected chi connectivity index (χ1v) is 11.5. The Morgan fingerprint density at radius 3 is 2.03 bits per heavy atom. The van der Waals surface area contributed by atoms with Crippen LogP contribution in [0.25, 0.3) is 0 Å². The number of aromatic nitrogens is 2. The minimum Gasteiger partial charge on any atom is -0.483 e. The van der Waals surface area contributed by atoms with Gasteiger partial charge in [-0.05, 0) is 76.1 Å². The van der Waals surface area contributed by atoms with E-state index in [2.05, 4.69) is 20.0 Å². The van der Waals surface area contributed by atoms with Crippen molar-refractivity contribution in [3.05, 3.63) is 70.5 Å². The van der Waals surface area contributed by atoms with Crippen molar-refractivity contribution >= 4 is 27.6 Å². The van der Waals surface area contributed by atoms with Gasteiger partial charge in [0.25, 0.3) is 15.9 Å². The highest BCUT2D eigenvalue weighted by Crippen LogP contribution is 2.24. The van der Waals surface area contributed by atoms with E-state index in [1.807, 2.05) is 32.9 Å². The molecule has 0 spiro atoms. The topological polar surface area (TPSA) is 110 Å². The summed E-state index contributed by atoms with van der Waals surface area (Å²) in [6, 6.07) is 11.6. The molecule has 32 heavy (non-hydrogen) atoms. The molecule has 0 saturated heterocycles. The summed E-state index contributed by atoms with van der Waals surface area (Å²) >= 11 is 0. The molecule has 0 bridgehead atoms. The second kappa shape index (κ2) is 9.35. The fraction of sp³-hybridized carbons (Fsp3) is 0.261. The Hall–Kier alpha value is -3.46. The van der Waals surface area contributed by atoms with Crippen LogP contribution in [0.15, 0.2) is 47.4 Å². The third-order valence-electron chi connectivity index (χ3n) is 4.61. The minimum atomic E-state index is -3.86. The molecule has 1 aromatic heterocycles. The number of hydrogen-bond acceptors (Lipinski definition) is 6. The molecule has 3 aromatic rings. The molecule has 0 fully saturated rings. The van der Waals surface area contributed by atoms with Gasteiger partial charge in [0, 0.05) is 17.1 Å². The van der Waals surface area contributed by atoms with Gasteiger partial charge < -0.3 is 10.1 Å². The second-order valence-electron chi connectivity index (χ2n) is 7.67. The summed E-state index contributed by atoms with van der Waals surface area (Å²) in [7, 11) is -3.86. The summed E-state index contributed by atoms with van der Waals surface area (Å²) in [4.78, 5) is 20.5. The number of amides is 1. The molecule has 1 heterocycles. The molecule has 2 aromatic carbocycles. The number of aryl methyl sites for hydroxylation is 5. The van der Waals surface area contributed by atoms with E-state index >= 15 is 0 Å². The molecule has 0 aliphatic heterocycles. The first kappa shape index (κ1) is 23.2. The molecule has 8 nitrogen and oxygen atoms in total. The van der Waals surface area contributed by atoms with Gasteiger partial charge >= 0.3 is 0 Å². The molecule has 0 unspecified atom stereocenters. The van der Waals surface area contributed by atoms with Crippen LogP contribution in [0, 0.1) is 34.6 Å². The maximum Gasteiger partial charge on any atom is 0.264 e. The van der Waals surface area contributed by atoms with Crippen molar-refractivity contribution in [1.29, 1.82) is 0 Å². The Balaban J connectivity index is 1.63. The van der Waals surface area contributed by atoms with Crippen LogP contribution >= 0.6 is 0 Å². The lowest BCUT2D eigenvalue weighted by molar-refractivity contribution is -0.118. The quantitative estimate of drug-likeness (QED) is 0.561. The lowest BCUT2D eigenvalue weighted by Gasteiger charge is -2.13. The van der Waals surface area contributed by atoms with Gasteiger partial charge in [-0.2, -0.15) is 0 Å². The summed E-state index contributed by atoms with van der Waals surface area (Å²) in [6.07, 6.45) is 0. The Labute approximate surface area is 188 Å². The number of carbonyl (C=O) groups excluding carboxylic acids is 1. The molecule has 1 amide bonds. The SMILES string of the molecule is Cc1cc(C)c(OCC(=O)Nc2ccc(S(=O)(=O)Nc3nc(C)cc(C)n3)cc2)c(C)c1. The van der Waals surface area contributed by atoms with Gasteiger partial charge in [0.1, 0.15) is 5.75 Å². The summed E-state index contributed by atoms with van der Waals surface area (Å²) in [6.45, 7) is 9.23. The Morgan fingerprint density at radius 2 is 1.47 bits per heavy atom. The van der Waals surface area contributed by atoms with E-state index in [9.17, 15) is 13.2 Å².